The number of carbonyl (C=O) groups is 2. The highest BCUT2D eigenvalue weighted by Gasteiger charge is 2.48. The lowest BCUT2D eigenvalue weighted by atomic mass is 9.95. The SMILES string of the molecule is CCOc1ccc(C(O)=C2C(=O)C(=O)N(c3nc(C)c(C)s3)[C@H]2c2ccc(C)cc2)cc1. The molecule has 1 aliphatic rings. The van der Waals surface area contributed by atoms with Crippen LogP contribution in [0.5, 0.6) is 5.75 Å². The molecule has 1 aliphatic heterocycles. The second kappa shape index (κ2) is 8.59. The van der Waals surface area contributed by atoms with Crippen LogP contribution in [-0.4, -0.2) is 28.4 Å². The number of aromatic nitrogens is 1. The van der Waals surface area contributed by atoms with Gasteiger partial charge in [-0.25, -0.2) is 4.98 Å². The Morgan fingerprint density at radius 2 is 1.72 bits per heavy atom. The van der Waals surface area contributed by atoms with Crippen LogP contribution in [0.15, 0.2) is 54.1 Å². The molecule has 2 heterocycles. The van der Waals surface area contributed by atoms with E-state index in [0.717, 1.165) is 21.7 Å². The Morgan fingerprint density at radius 3 is 2.28 bits per heavy atom. The minimum absolute atomic E-state index is 0.0496. The lowest BCUT2D eigenvalue weighted by Crippen LogP contribution is -2.29. The summed E-state index contributed by atoms with van der Waals surface area (Å²) in [5.41, 5.74) is 3.08. The van der Waals surface area contributed by atoms with Crippen molar-refractivity contribution in [2.45, 2.75) is 33.7 Å². The number of aliphatic hydroxyl groups excluding tert-OH is 1. The fourth-order valence-electron chi connectivity index (χ4n) is 3.68. The van der Waals surface area contributed by atoms with E-state index < -0.39 is 17.7 Å². The minimum atomic E-state index is -0.771. The summed E-state index contributed by atoms with van der Waals surface area (Å²) < 4.78 is 5.46. The Balaban J connectivity index is 1.89. The molecule has 0 aliphatic carbocycles. The number of carbonyl (C=O) groups excluding carboxylic acids is 2. The minimum Gasteiger partial charge on any atom is -0.507 e. The number of nitrogens with zero attached hydrogens (tertiary/aromatic N) is 2. The molecule has 0 saturated carbocycles. The number of anilines is 1. The first-order valence-electron chi connectivity index (χ1n) is 10.4. The number of rotatable bonds is 5. The molecule has 1 N–H and O–H groups in total. The number of hydrogen-bond donors (Lipinski definition) is 1. The molecule has 1 saturated heterocycles. The molecule has 32 heavy (non-hydrogen) atoms. The topological polar surface area (TPSA) is 79.7 Å². The molecule has 4 rings (SSSR count). The van der Waals surface area contributed by atoms with E-state index in [1.165, 1.54) is 16.2 Å². The number of ether oxygens (including phenoxy) is 1. The predicted octanol–water partition coefficient (Wildman–Crippen LogP) is 5.09. The van der Waals surface area contributed by atoms with Gasteiger partial charge in [-0.2, -0.15) is 0 Å². The Bertz CT molecular complexity index is 1190. The van der Waals surface area contributed by atoms with Crippen LogP contribution in [0.1, 0.15) is 40.2 Å². The first kappa shape index (κ1) is 21.8. The average Bonchev–Trinajstić information content (AvgIpc) is 3.24. The third kappa shape index (κ3) is 3.80. The van der Waals surface area contributed by atoms with Crippen LogP contribution in [0.2, 0.25) is 0 Å². The van der Waals surface area contributed by atoms with Crippen LogP contribution in [0, 0.1) is 20.8 Å². The van der Waals surface area contributed by atoms with Gasteiger partial charge in [0, 0.05) is 10.4 Å². The maximum Gasteiger partial charge on any atom is 0.301 e. The molecule has 0 spiro atoms. The van der Waals surface area contributed by atoms with Gasteiger partial charge in [0.05, 0.1) is 23.9 Å². The highest BCUT2D eigenvalue weighted by molar-refractivity contribution is 7.16. The molecule has 0 radical (unpaired) electrons. The van der Waals surface area contributed by atoms with E-state index in [-0.39, 0.29) is 11.3 Å². The molecule has 3 aromatic rings. The zero-order valence-electron chi connectivity index (χ0n) is 18.4. The molecule has 1 amide bonds. The standard InChI is InChI=1S/C25H24N2O4S/c1-5-31-19-12-10-18(11-13-19)22(28)20-21(17-8-6-14(2)7-9-17)27(24(30)23(20)29)25-26-15(3)16(4)32-25/h6-13,21,28H,5H2,1-4H3/t21-/m0/s1. The van der Waals surface area contributed by atoms with E-state index in [2.05, 4.69) is 4.98 Å². The number of amides is 1. The summed E-state index contributed by atoms with van der Waals surface area (Å²) in [7, 11) is 0. The predicted molar refractivity (Wildman–Crippen MR) is 125 cm³/mol. The molecule has 6 nitrogen and oxygen atoms in total. The maximum absolute atomic E-state index is 13.2. The van der Waals surface area contributed by atoms with Crippen LogP contribution in [0.4, 0.5) is 5.13 Å². The van der Waals surface area contributed by atoms with Crippen molar-refractivity contribution in [2.24, 2.45) is 0 Å². The van der Waals surface area contributed by atoms with Crippen LogP contribution < -0.4 is 9.64 Å². The molecule has 2 aromatic carbocycles. The molecular formula is C25H24N2O4S. The fourth-order valence-corrected chi connectivity index (χ4v) is 4.62. The highest BCUT2D eigenvalue weighted by Crippen LogP contribution is 2.43. The lowest BCUT2D eigenvalue weighted by Gasteiger charge is -2.23. The quantitative estimate of drug-likeness (QED) is 0.334. The molecule has 0 bridgehead atoms. The largest absolute Gasteiger partial charge is 0.507 e. The van der Waals surface area contributed by atoms with Crippen LogP contribution in [-0.2, 0) is 9.59 Å². The van der Waals surface area contributed by atoms with Gasteiger partial charge < -0.3 is 9.84 Å². The van der Waals surface area contributed by atoms with Gasteiger partial charge in [-0.1, -0.05) is 29.8 Å². The summed E-state index contributed by atoms with van der Waals surface area (Å²) in [6.07, 6.45) is 0. The van der Waals surface area contributed by atoms with Crippen molar-refractivity contribution in [1.29, 1.82) is 0 Å². The molecular weight excluding hydrogens is 424 g/mol. The van der Waals surface area contributed by atoms with Crippen molar-refractivity contribution in [3.05, 3.63) is 81.4 Å². The van der Waals surface area contributed by atoms with E-state index in [1.54, 1.807) is 24.3 Å². The van der Waals surface area contributed by atoms with E-state index in [1.807, 2.05) is 52.0 Å². The normalized spacial score (nSPS) is 17.8. The summed E-state index contributed by atoms with van der Waals surface area (Å²) in [5.74, 6) is -0.984. The van der Waals surface area contributed by atoms with Crippen molar-refractivity contribution in [3.8, 4) is 5.75 Å². The van der Waals surface area contributed by atoms with Gasteiger partial charge in [0.25, 0.3) is 5.78 Å². The van der Waals surface area contributed by atoms with Crippen LogP contribution in [0.25, 0.3) is 5.76 Å². The number of hydrogen-bond acceptors (Lipinski definition) is 6. The maximum atomic E-state index is 13.2. The van der Waals surface area contributed by atoms with E-state index in [0.29, 0.717) is 23.1 Å². The third-order valence-corrected chi connectivity index (χ3v) is 6.57. The van der Waals surface area contributed by atoms with E-state index >= 15 is 0 Å². The monoisotopic (exact) mass is 448 g/mol. The summed E-state index contributed by atoms with van der Waals surface area (Å²) in [6, 6.07) is 13.6. The highest BCUT2D eigenvalue weighted by atomic mass is 32.1. The Morgan fingerprint density at radius 1 is 1.06 bits per heavy atom. The molecule has 1 fully saturated rings. The Kier molecular flexibility index (Phi) is 5.84. The van der Waals surface area contributed by atoms with Crippen molar-refractivity contribution < 1.29 is 19.4 Å². The number of ketones is 1. The van der Waals surface area contributed by atoms with Gasteiger partial charge in [-0.3, -0.25) is 14.5 Å². The lowest BCUT2D eigenvalue weighted by molar-refractivity contribution is -0.132. The van der Waals surface area contributed by atoms with Gasteiger partial charge in [0.2, 0.25) is 0 Å². The van der Waals surface area contributed by atoms with Crippen molar-refractivity contribution >= 4 is 33.9 Å². The number of thiazole rings is 1. The van der Waals surface area contributed by atoms with Gasteiger partial charge in [-0.05, 0) is 57.5 Å². The van der Waals surface area contributed by atoms with Gasteiger partial charge in [-0.15, -0.1) is 11.3 Å². The summed E-state index contributed by atoms with van der Waals surface area (Å²) in [5, 5.41) is 11.6. The van der Waals surface area contributed by atoms with Crippen molar-refractivity contribution in [3.63, 3.8) is 0 Å². The molecule has 1 aromatic heterocycles. The molecule has 0 unspecified atom stereocenters. The average molecular weight is 449 g/mol. The molecule has 7 heteroatoms. The van der Waals surface area contributed by atoms with Crippen molar-refractivity contribution in [2.75, 3.05) is 11.5 Å². The third-order valence-electron chi connectivity index (χ3n) is 5.50. The number of aliphatic hydroxyl groups is 1. The second-order valence-corrected chi connectivity index (χ2v) is 8.86. The summed E-state index contributed by atoms with van der Waals surface area (Å²) >= 11 is 1.36. The van der Waals surface area contributed by atoms with Gasteiger partial charge >= 0.3 is 5.91 Å². The summed E-state index contributed by atoms with van der Waals surface area (Å²) in [6.45, 7) is 8.17. The number of aryl methyl sites for hydroxylation is 3. The number of Topliss-reactive ketones (excluding diaryl/α,β-unsaturated/α-hetero) is 1. The number of benzene rings is 2. The summed E-state index contributed by atoms with van der Waals surface area (Å²) in [4.78, 5) is 33.2. The zero-order chi connectivity index (χ0) is 23.0. The smallest absolute Gasteiger partial charge is 0.301 e. The fraction of sp³-hybridized carbons (Fsp3) is 0.240. The molecule has 1 atom stereocenters. The van der Waals surface area contributed by atoms with Crippen LogP contribution >= 0.6 is 11.3 Å². The van der Waals surface area contributed by atoms with E-state index in [4.69, 9.17) is 4.74 Å². The van der Waals surface area contributed by atoms with Crippen LogP contribution in [0.3, 0.4) is 0 Å². The first-order chi connectivity index (χ1) is 15.3. The second-order valence-electron chi connectivity index (χ2n) is 7.68. The first-order valence-corrected chi connectivity index (χ1v) is 11.2. The Labute approximate surface area is 190 Å². The molecule has 164 valence electrons. The van der Waals surface area contributed by atoms with Crippen molar-refractivity contribution in [1.82, 2.24) is 4.98 Å². The Hall–Kier alpha value is -3.45. The van der Waals surface area contributed by atoms with E-state index in [9.17, 15) is 14.7 Å². The van der Waals surface area contributed by atoms with Gasteiger partial charge in [0.15, 0.2) is 5.13 Å². The van der Waals surface area contributed by atoms with Gasteiger partial charge in [0.1, 0.15) is 11.5 Å². The zero-order valence-corrected chi connectivity index (χ0v) is 19.2.